The molecular weight excluding hydrogens is 477 g/mol. The summed E-state index contributed by atoms with van der Waals surface area (Å²) in [4.78, 5) is 11.7. The largest absolute Gasteiger partial charge is 0.493 e. The van der Waals surface area contributed by atoms with E-state index >= 15 is 0 Å². The Hall–Kier alpha value is -3.37. The van der Waals surface area contributed by atoms with Gasteiger partial charge in [-0.05, 0) is 56.5 Å². The molecule has 7 nitrogen and oxygen atoms in total. The first-order valence-electron chi connectivity index (χ1n) is 11.3. The molecule has 0 radical (unpaired) electrons. The van der Waals surface area contributed by atoms with Crippen LogP contribution in [0.4, 0.5) is 13.2 Å². The number of ether oxygens (including phenoxy) is 1. The minimum Gasteiger partial charge on any atom is -0.493 e. The zero-order valence-corrected chi connectivity index (χ0v) is 20.2. The molecule has 0 aliphatic heterocycles. The van der Waals surface area contributed by atoms with Gasteiger partial charge < -0.3 is 20.1 Å². The molecule has 10 heteroatoms. The molecule has 0 fully saturated rings. The van der Waals surface area contributed by atoms with Gasteiger partial charge in [0.15, 0.2) is 5.54 Å². The van der Waals surface area contributed by atoms with E-state index in [0.717, 1.165) is 0 Å². The molecule has 2 aromatic carbocycles. The van der Waals surface area contributed by atoms with Crippen LogP contribution < -0.4 is 4.74 Å². The number of alkyl halides is 3. The highest BCUT2D eigenvalue weighted by Gasteiger charge is 2.61. The highest BCUT2D eigenvalue weighted by Crippen LogP contribution is 2.58. The van der Waals surface area contributed by atoms with E-state index in [1.807, 2.05) is 0 Å². The molecular formula is C26H27F3N2O5. The lowest BCUT2D eigenvalue weighted by molar-refractivity contribution is -0.246. The molecule has 1 heterocycles. The fraction of sp³-hybridized carbons (Fsp3) is 0.385. The van der Waals surface area contributed by atoms with Gasteiger partial charge in [0.1, 0.15) is 5.75 Å². The number of carboxylic acids is 1. The van der Waals surface area contributed by atoms with Crippen molar-refractivity contribution in [3.05, 3.63) is 59.9 Å². The van der Waals surface area contributed by atoms with Crippen molar-refractivity contribution in [2.24, 2.45) is 0 Å². The van der Waals surface area contributed by atoms with Crippen molar-refractivity contribution in [3.8, 4) is 28.0 Å². The predicted molar refractivity (Wildman–Crippen MR) is 126 cm³/mol. The van der Waals surface area contributed by atoms with E-state index in [-0.39, 0.29) is 35.5 Å². The summed E-state index contributed by atoms with van der Waals surface area (Å²) in [5.41, 5.74) is -5.42. The van der Waals surface area contributed by atoms with E-state index in [1.165, 1.54) is 61.3 Å². The summed E-state index contributed by atoms with van der Waals surface area (Å²) in [5, 5.41) is 34.9. The number of carboxylic acid groups (broad SMARTS) is 1. The van der Waals surface area contributed by atoms with Crippen molar-refractivity contribution < 1.29 is 38.0 Å². The number of halogens is 3. The van der Waals surface area contributed by atoms with Gasteiger partial charge in [0.05, 0.1) is 18.4 Å². The lowest BCUT2D eigenvalue weighted by Crippen LogP contribution is -2.41. The maximum atomic E-state index is 14.4. The number of carbonyl (C=O) groups is 1. The molecule has 192 valence electrons. The Morgan fingerprint density at radius 1 is 1.08 bits per heavy atom. The number of rotatable bonds is 7. The number of aliphatic hydroxyl groups is 2. The first-order valence-corrected chi connectivity index (χ1v) is 11.3. The summed E-state index contributed by atoms with van der Waals surface area (Å²) < 4.78 is 50.2. The van der Waals surface area contributed by atoms with Crippen molar-refractivity contribution in [2.45, 2.75) is 57.0 Å². The summed E-state index contributed by atoms with van der Waals surface area (Å²) in [6.45, 7) is 6.09. The van der Waals surface area contributed by atoms with E-state index in [9.17, 15) is 33.3 Å². The van der Waals surface area contributed by atoms with Gasteiger partial charge in [-0.15, -0.1) is 0 Å². The second-order valence-electron chi connectivity index (χ2n) is 10.1. The van der Waals surface area contributed by atoms with Crippen LogP contribution >= 0.6 is 0 Å². The molecule has 0 saturated heterocycles. The first-order chi connectivity index (χ1) is 16.6. The molecule has 0 saturated carbocycles. The van der Waals surface area contributed by atoms with Crippen LogP contribution in [0.25, 0.3) is 22.3 Å². The number of nitrogens with zero attached hydrogens (tertiary/aromatic N) is 2. The van der Waals surface area contributed by atoms with Gasteiger partial charge in [-0.1, -0.05) is 24.3 Å². The van der Waals surface area contributed by atoms with Gasteiger partial charge >= 0.3 is 12.1 Å². The Kier molecular flexibility index (Phi) is 5.96. The summed E-state index contributed by atoms with van der Waals surface area (Å²) >= 11 is 0. The van der Waals surface area contributed by atoms with Crippen LogP contribution in [0.15, 0.2) is 48.8 Å². The maximum Gasteiger partial charge on any atom is 0.425 e. The number of fused-ring (bicyclic) bond motifs is 3. The molecule has 0 unspecified atom stereocenters. The molecule has 1 atom stereocenters. The quantitative estimate of drug-likeness (QED) is 0.431. The molecule has 0 spiro atoms. The normalized spacial score (nSPS) is 17.6. The standard InChI is InChI=1S/C26H27F3N2O5/c1-23(2,34)9-10-36-16-11-18(15-13-30-31(14-15)24(3,4)22(32)33)21-17-7-5-6-8-19(17)25(35,20(21)12-16)26(27,28)29/h5-8,11-14,34-35H,9-10H2,1-4H3,(H,32,33)/t25-/m1/s1. The summed E-state index contributed by atoms with van der Waals surface area (Å²) in [6, 6.07) is 8.45. The van der Waals surface area contributed by atoms with E-state index in [0.29, 0.717) is 11.1 Å². The molecule has 36 heavy (non-hydrogen) atoms. The van der Waals surface area contributed by atoms with Crippen LogP contribution in [0.1, 0.15) is 45.2 Å². The lowest BCUT2D eigenvalue weighted by atomic mass is 9.89. The minimum atomic E-state index is -5.03. The van der Waals surface area contributed by atoms with Crippen molar-refractivity contribution in [3.63, 3.8) is 0 Å². The SMILES string of the molecule is CC(C)(O)CCOc1cc(-c2cnn(C(C)(C)C(=O)O)c2)c2c(c1)[C@@](O)(C(F)(F)F)c1ccccc1-2. The second-order valence-corrected chi connectivity index (χ2v) is 10.1. The summed E-state index contributed by atoms with van der Waals surface area (Å²) in [6.07, 6.45) is -2.01. The smallest absolute Gasteiger partial charge is 0.425 e. The first kappa shape index (κ1) is 25.7. The molecule has 1 aromatic heterocycles. The topological polar surface area (TPSA) is 105 Å². The second kappa shape index (κ2) is 8.35. The third-order valence-electron chi connectivity index (χ3n) is 6.47. The van der Waals surface area contributed by atoms with Gasteiger partial charge in [-0.2, -0.15) is 18.3 Å². The zero-order chi connectivity index (χ0) is 26.7. The average molecular weight is 505 g/mol. The molecule has 1 aliphatic carbocycles. The van der Waals surface area contributed by atoms with E-state index in [1.54, 1.807) is 19.9 Å². The Morgan fingerprint density at radius 3 is 2.36 bits per heavy atom. The Morgan fingerprint density at radius 2 is 1.75 bits per heavy atom. The van der Waals surface area contributed by atoms with Crippen LogP contribution in [-0.4, -0.2) is 49.5 Å². The highest BCUT2D eigenvalue weighted by atomic mass is 19.4. The number of hydrogen-bond donors (Lipinski definition) is 3. The molecule has 0 amide bonds. The van der Waals surface area contributed by atoms with Crippen molar-refractivity contribution in [1.29, 1.82) is 0 Å². The fourth-order valence-electron chi connectivity index (χ4n) is 4.25. The van der Waals surface area contributed by atoms with Gasteiger partial charge in [0.2, 0.25) is 5.60 Å². The molecule has 1 aliphatic rings. The summed E-state index contributed by atoms with van der Waals surface area (Å²) in [5.74, 6) is -1.07. The van der Waals surface area contributed by atoms with Crippen molar-refractivity contribution in [1.82, 2.24) is 9.78 Å². The number of aliphatic carboxylic acids is 1. The molecule has 3 aromatic rings. The number of aromatic nitrogens is 2. The monoisotopic (exact) mass is 504 g/mol. The minimum absolute atomic E-state index is 0.0183. The van der Waals surface area contributed by atoms with Crippen molar-refractivity contribution >= 4 is 5.97 Å². The number of hydrogen-bond acceptors (Lipinski definition) is 5. The third kappa shape index (κ3) is 4.14. The summed E-state index contributed by atoms with van der Waals surface area (Å²) in [7, 11) is 0. The average Bonchev–Trinajstić information content (AvgIpc) is 3.36. The van der Waals surface area contributed by atoms with Gasteiger partial charge in [0.25, 0.3) is 0 Å². The Labute approximate surface area is 205 Å². The van der Waals surface area contributed by atoms with Gasteiger partial charge in [-0.25, -0.2) is 4.79 Å². The zero-order valence-electron chi connectivity index (χ0n) is 20.2. The van der Waals surface area contributed by atoms with E-state index in [4.69, 9.17) is 4.74 Å². The maximum absolute atomic E-state index is 14.4. The highest BCUT2D eigenvalue weighted by molar-refractivity contribution is 5.93. The predicted octanol–water partition coefficient (Wildman–Crippen LogP) is 4.69. The van der Waals surface area contributed by atoms with E-state index in [2.05, 4.69) is 5.10 Å². The van der Waals surface area contributed by atoms with Gasteiger partial charge in [-0.3, -0.25) is 4.68 Å². The lowest BCUT2D eigenvalue weighted by Gasteiger charge is -2.29. The third-order valence-corrected chi connectivity index (χ3v) is 6.47. The fourth-order valence-corrected chi connectivity index (χ4v) is 4.25. The van der Waals surface area contributed by atoms with Crippen LogP contribution in [0.5, 0.6) is 5.75 Å². The Balaban J connectivity index is 1.95. The van der Waals surface area contributed by atoms with E-state index < -0.39 is 34.5 Å². The van der Waals surface area contributed by atoms with Gasteiger partial charge in [0, 0.05) is 29.3 Å². The number of benzene rings is 2. The molecule has 0 bridgehead atoms. The van der Waals surface area contributed by atoms with Crippen LogP contribution in [0.2, 0.25) is 0 Å². The Bertz CT molecular complexity index is 1320. The van der Waals surface area contributed by atoms with Crippen LogP contribution in [-0.2, 0) is 15.9 Å². The van der Waals surface area contributed by atoms with Crippen LogP contribution in [0, 0.1) is 0 Å². The molecule has 3 N–H and O–H groups in total. The van der Waals surface area contributed by atoms with Crippen molar-refractivity contribution in [2.75, 3.05) is 6.61 Å². The van der Waals surface area contributed by atoms with Crippen LogP contribution in [0.3, 0.4) is 0 Å². The molecule has 4 rings (SSSR count).